The number of aldehydes is 1. The summed E-state index contributed by atoms with van der Waals surface area (Å²) in [4.78, 5) is 24.6. The van der Waals surface area contributed by atoms with Gasteiger partial charge in [0.15, 0.2) is 6.29 Å². The number of rotatable bonds is 5. The first kappa shape index (κ1) is 28.5. The third-order valence-corrected chi connectivity index (χ3v) is 12.1. The second-order valence-electron chi connectivity index (χ2n) is 13.5. The van der Waals surface area contributed by atoms with Crippen molar-refractivity contribution in [1.82, 2.24) is 0 Å². The largest absolute Gasteiger partial charge is 0.431 e. The minimum atomic E-state index is -1.11. The van der Waals surface area contributed by atoms with Crippen LogP contribution in [0.25, 0.3) is 0 Å². The molecule has 9 heteroatoms. The van der Waals surface area contributed by atoms with Crippen molar-refractivity contribution in [3.63, 3.8) is 0 Å². The minimum absolute atomic E-state index is 0.0409. The summed E-state index contributed by atoms with van der Waals surface area (Å²) >= 11 is 0. The molecule has 2 heterocycles. The van der Waals surface area contributed by atoms with Crippen molar-refractivity contribution < 1.29 is 38.7 Å². The van der Waals surface area contributed by atoms with E-state index < -0.39 is 41.7 Å². The molecule has 6 rings (SSSR count). The number of fused-ring (bicyclic) bond motifs is 5. The fraction of sp³-hybridized carbons (Fsp3) is 0.806. The number of hydrogen-bond acceptors (Lipinski definition) is 9. The van der Waals surface area contributed by atoms with Gasteiger partial charge in [0.25, 0.3) is 0 Å². The standard InChI is InChI=1S/C31H44O9/c1-17-25(34)27(37-3)26(35)28(39-17)40-20-8-12-30(16-32)19(14-20)5-6-23-22(30)9-11-29(2)21(10-13-31(23,29)36)18-4-7-24(33)38-15-18/h4,7,15-17,19-23,25-28,34-36H,5-6,8-14H2,1-3H3/t17-,19-,20-,21+,22-,23+,25+,26-,27+,28+,29+,30+,31-/m0/s1. The van der Waals surface area contributed by atoms with Crippen LogP contribution >= 0.6 is 0 Å². The van der Waals surface area contributed by atoms with Crippen LogP contribution in [-0.2, 0) is 19.0 Å². The minimum Gasteiger partial charge on any atom is -0.431 e. The number of carbonyl (C=O) groups excluding carboxylic acids is 1. The van der Waals surface area contributed by atoms with Gasteiger partial charge in [0.1, 0.15) is 24.6 Å². The third-order valence-electron chi connectivity index (χ3n) is 12.1. The number of aliphatic hydroxyl groups excluding tert-OH is 2. The Labute approximate surface area is 235 Å². The first-order valence-corrected chi connectivity index (χ1v) is 15.1. The molecule has 5 aliphatic rings. The maximum absolute atomic E-state index is 13.0. The molecule has 1 saturated heterocycles. The van der Waals surface area contributed by atoms with E-state index in [0.29, 0.717) is 25.7 Å². The van der Waals surface area contributed by atoms with Crippen LogP contribution in [0, 0.1) is 28.6 Å². The van der Waals surface area contributed by atoms with Gasteiger partial charge >= 0.3 is 5.63 Å². The molecular weight excluding hydrogens is 516 g/mol. The Morgan fingerprint density at radius 2 is 1.82 bits per heavy atom. The van der Waals surface area contributed by atoms with E-state index in [1.54, 1.807) is 13.2 Å². The number of hydrogen-bond donors (Lipinski definition) is 3. The zero-order chi connectivity index (χ0) is 28.4. The van der Waals surface area contributed by atoms with E-state index in [1.807, 2.05) is 6.07 Å². The van der Waals surface area contributed by atoms with E-state index in [0.717, 1.165) is 37.7 Å². The van der Waals surface area contributed by atoms with Gasteiger partial charge in [0, 0.05) is 24.0 Å². The number of aliphatic hydroxyl groups is 3. The van der Waals surface area contributed by atoms with Crippen LogP contribution in [0.5, 0.6) is 0 Å². The molecule has 0 amide bonds. The molecule has 4 aliphatic carbocycles. The molecule has 3 N–H and O–H groups in total. The lowest BCUT2D eigenvalue weighted by atomic mass is 9.43. The van der Waals surface area contributed by atoms with Gasteiger partial charge in [0.2, 0.25) is 0 Å². The zero-order valence-electron chi connectivity index (χ0n) is 23.7. The predicted octanol–water partition coefficient (Wildman–Crippen LogP) is 2.93. The highest BCUT2D eigenvalue weighted by Crippen LogP contribution is 2.70. The number of carbonyl (C=O) groups is 1. The van der Waals surface area contributed by atoms with Crippen LogP contribution in [0.4, 0.5) is 0 Å². The van der Waals surface area contributed by atoms with Gasteiger partial charge in [-0.05, 0) is 100 Å². The summed E-state index contributed by atoms with van der Waals surface area (Å²) in [7, 11) is 1.46. The van der Waals surface area contributed by atoms with Crippen LogP contribution in [0.2, 0.25) is 0 Å². The smallest absolute Gasteiger partial charge is 0.335 e. The van der Waals surface area contributed by atoms with Crippen molar-refractivity contribution in [2.45, 2.75) is 120 Å². The molecule has 13 atom stereocenters. The zero-order valence-corrected chi connectivity index (χ0v) is 23.7. The number of ether oxygens (including phenoxy) is 3. The second-order valence-corrected chi connectivity index (χ2v) is 13.5. The molecule has 4 saturated carbocycles. The molecule has 1 aliphatic heterocycles. The van der Waals surface area contributed by atoms with E-state index in [4.69, 9.17) is 18.6 Å². The van der Waals surface area contributed by atoms with Gasteiger partial charge in [-0.3, -0.25) is 0 Å². The average Bonchev–Trinajstić information content (AvgIpc) is 3.23. The summed E-state index contributed by atoms with van der Waals surface area (Å²) in [6.45, 7) is 3.93. The Balaban J connectivity index is 1.19. The molecule has 5 fully saturated rings. The monoisotopic (exact) mass is 560 g/mol. The first-order chi connectivity index (χ1) is 19.1. The Kier molecular flexibility index (Phi) is 7.32. The highest BCUT2D eigenvalue weighted by Gasteiger charge is 2.68. The Hall–Kier alpha value is -1.62. The van der Waals surface area contributed by atoms with Crippen LogP contribution < -0.4 is 5.63 Å². The van der Waals surface area contributed by atoms with Gasteiger partial charge in [-0.1, -0.05) is 6.92 Å². The summed E-state index contributed by atoms with van der Waals surface area (Å²) in [5, 5.41) is 33.5. The van der Waals surface area contributed by atoms with Crippen molar-refractivity contribution in [2.24, 2.45) is 28.6 Å². The normalized spacial score (nSPS) is 50.5. The molecule has 1 aromatic rings. The van der Waals surface area contributed by atoms with Crippen LogP contribution in [-0.4, -0.2) is 71.1 Å². The van der Waals surface area contributed by atoms with Gasteiger partial charge in [-0.15, -0.1) is 0 Å². The van der Waals surface area contributed by atoms with E-state index >= 15 is 0 Å². The molecule has 0 aromatic carbocycles. The van der Waals surface area contributed by atoms with Gasteiger partial charge < -0.3 is 38.7 Å². The lowest BCUT2D eigenvalue weighted by Gasteiger charge is -2.63. The van der Waals surface area contributed by atoms with Crippen LogP contribution in [0.1, 0.15) is 83.1 Å². The lowest BCUT2D eigenvalue weighted by molar-refractivity contribution is -0.312. The van der Waals surface area contributed by atoms with Crippen LogP contribution in [0.15, 0.2) is 27.6 Å². The SMILES string of the molecule is CO[C@H]1[C@H](O)[C@@H](O[C@H]2CC[C@@]3(C=O)[C@@H](CC[C@@H]4[C@@H]3CC[C@]3(C)[C@@H](c5ccc(=O)oc5)CC[C@]43O)C2)O[C@@H](C)[C@H]1O. The Morgan fingerprint density at radius 3 is 2.52 bits per heavy atom. The van der Waals surface area contributed by atoms with Crippen molar-refractivity contribution >= 4 is 6.29 Å². The van der Waals surface area contributed by atoms with E-state index in [2.05, 4.69) is 6.92 Å². The van der Waals surface area contributed by atoms with E-state index in [9.17, 15) is 24.9 Å². The molecule has 0 bridgehead atoms. The molecule has 9 nitrogen and oxygen atoms in total. The maximum Gasteiger partial charge on any atom is 0.335 e. The molecule has 0 radical (unpaired) electrons. The highest BCUT2D eigenvalue weighted by molar-refractivity contribution is 5.62. The molecule has 0 spiro atoms. The summed E-state index contributed by atoms with van der Waals surface area (Å²) in [5.74, 6) is 0.398. The average molecular weight is 561 g/mol. The van der Waals surface area contributed by atoms with E-state index in [-0.39, 0.29) is 40.8 Å². The van der Waals surface area contributed by atoms with Gasteiger partial charge in [-0.25, -0.2) is 4.79 Å². The fourth-order valence-electron chi connectivity index (χ4n) is 9.91. The Morgan fingerprint density at radius 1 is 1.02 bits per heavy atom. The quantitative estimate of drug-likeness (QED) is 0.367. The van der Waals surface area contributed by atoms with Crippen molar-refractivity contribution in [2.75, 3.05) is 7.11 Å². The van der Waals surface area contributed by atoms with Crippen molar-refractivity contribution in [3.8, 4) is 0 Å². The maximum atomic E-state index is 13.0. The van der Waals surface area contributed by atoms with Crippen LogP contribution in [0.3, 0.4) is 0 Å². The molecule has 222 valence electrons. The van der Waals surface area contributed by atoms with Crippen molar-refractivity contribution in [3.05, 3.63) is 34.4 Å². The van der Waals surface area contributed by atoms with Gasteiger partial charge in [-0.2, -0.15) is 0 Å². The molecular formula is C31H44O9. The fourth-order valence-corrected chi connectivity index (χ4v) is 9.91. The summed E-state index contributed by atoms with van der Waals surface area (Å²) < 4.78 is 22.6. The summed E-state index contributed by atoms with van der Waals surface area (Å²) in [6, 6.07) is 3.30. The summed E-state index contributed by atoms with van der Waals surface area (Å²) in [5.41, 5.74) is -1.12. The third kappa shape index (κ3) is 4.10. The predicted molar refractivity (Wildman–Crippen MR) is 143 cm³/mol. The van der Waals surface area contributed by atoms with Crippen molar-refractivity contribution in [1.29, 1.82) is 0 Å². The first-order valence-electron chi connectivity index (χ1n) is 15.1. The Bertz CT molecular complexity index is 1130. The molecule has 40 heavy (non-hydrogen) atoms. The molecule has 0 unspecified atom stereocenters. The summed E-state index contributed by atoms with van der Waals surface area (Å²) in [6.07, 6.45) is 5.26. The van der Waals surface area contributed by atoms with Gasteiger partial charge in [0.05, 0.1) is 24.1 Å². The molecule has 1 aromatic heterocycles. The highest BCUT2D eigenvalue weighted by atomic mass is 16.7. The van der Waals surface area contributed by atoms with E-state index in [1.165, 1.54) is 19.5 Å². The lowest BCUT2D eigenvalue weighted by Crippen LogP contribution is -2.63. The topological polar surface area (TPSA) is 136 Å². The second kappa shape index (κ2) is 10.3. The number of methoxy groups -OCH3 is 1.